The highest BCUT2D eigenvalue weighted by Gasteiger charge is 2.29. The standard InChI is InChI=1S/C26H36N2O4/c1-6-8-16-27-26(30)23(7-2)28(17-21-12-14-22(31-5)15-13-21)25(29)18-32-24-11-9-10-19(3)20(24)4/h9-15,23H,6-8,16-18H2,1-5H3,(H,27,30). The van der Waals surface area contributed by atoms with Crippen molar-refractivity contribution in [1.29, 1.82) is 0 Å². The normalized spacial score (nSPS) is 11.5. The summed E-state index contributed by atoms with van der Waals surface area (Å²) in [5.74, 6) is 1.08. The van der Waals surface area contributed by atoms with E-state index >= 15 is 0 Å². The fourth-order valence-corrected chi connectivity index (χ4v) is 3.46. The van der Waals surface area contributed by atoms with E-state index in [0.29, 0.717) is 25.3 Å². The fraction of sp³-hybridized carbons (Fsp3) is 0.462. The van der Waals surface area contributed by atoms with Gasteiger partial charge in [0.1, 0.15) is 17.5 Å². The molecule has 0 spiro atoms. The lowest BCUT2D eigenvalue weighted by Crippen LogP contribution is -2.50. The van der Waals surface area contributed by atoms with Crippen LogP contribution in [0.1, 0.15) is 49.8 Å². The van der Waals surface area contributed by atoms with Crippen LogP contribution in [0.3, 0.4) is 0 Å². The van der Waals surface area contributed by atoms with E-state index < -0.39 is 6.04 Å². The molecule has 0 aliphatic rings. The van der Waals surface area contributed by atoms with Crippen molar-refractivity contribution in [3.8, 4) is 11.5 Å². The molecule has 174 valence electrons. The minimum absolute atomic E-state index is 0.126. The molecular weight excluding hydrogens is 404 g/mol. The number of amides is 2. The van der Waals surface area contributed by atoms with Crippen LogP contribution in [-0.4, -0.2) is 43.0 Å². The Kier molecular flexibility index (Phi) is 10.1. The summed E-state index contributed by atoms with van der Waals surface area (Å²) in [6.07, 6.45) is 2.42. The Bertz CT molecular complexity index is 880. The molecule has 0 aliphatic carbocycles. The van der Waals surface area contributed by atoms with Gasteiger partial charge in [0.15, 0.2) is 6.61 Å². The molecule has 1 unspecified atom stereocenters. The van der Waals surface area contributed by atoms with Gasteiger partial charge in [-0.2, -0.15) is 0 Å². The monoisotopic (exact) mass is 440 g/mol. The van der Waals surface area contributed by atoms with E-state index in [1.54, 1.807) is 12.0 Å². The van der Waals surface area contributed by atoms with Gasteiger partial charge in [0.05, 0.1) is 7.11 Å². The van der Waals surface area contributed by atoms with Gasteiger partial charge in [-0.25, -0.2) is 0 Å². The molecule has 0 bridgehead atoms. The zero-order valence-electron chi connectivity index (χ0n) is 19.9. The molecule has 2 aromatic rings. The molecule has 0 heterocycles. The second kappa shape index (κ2) is 12.7. The molecule has 0 aromatic heterocycles. The third-order valence-corrected chi connectivity index (χ3v) is 5.63. The molecule has 0 radical (unpaired) electrons. The Labute approximate surface area is 191 Å². The highest BCUT2D eigenvalue weighted by Crippen LogP contribution is 2.21. The first-order chi connectivity index (χ1) is 15.4. The number of hydrogen-bond donors (Lipinski definition) is 1. The van der Waals surface area contributed by atoms with Gasteiger partial charge in [-0.1, -0.05) is 44.5 Å². The summed E-state index contributed by atoms with van der Waals surface area (Å²) in [4.78, 5) is 27.8. The van der Waals surface area contributed by atoms with E-state index in [2.05, 4.69) is 12.2 Å². The van der Waals surface area contributed by atoms with Crippen molar-refractivity contribution in [3.05, 3.63) is 59.2 Å². The summed E-state index contributed by atoms with van der Waals surface area (Å²) in [7, 11) is 1.61. The predicted molar refractivity (Wildman–Crippen MR) is 127 cm³/mol. The van der Waals surface area contributed by atoms with Crippen LogP contribution in [0.25, 0.3) is 0 Å². The van der Waals surface area contributed by atoms with Gasteiger partial charge < -0.3 is 19.7 Å². The average Bonchev–Trinajstić information content (AvgIpc) is 2.80. The number of aryl methyl sites for hydroxylation is 1. The summed E-state index contributed by atoms with van der Waals surface area (Å²) in [6.45, 7) is 8.78. The topological polar surface area (TPSA) is 67.9 Å². The Morgan fingerprint density at radius 3 is 2.41 bits per heavy atom. The zero-order valence-corrected chi connectivity index (χ0v) is 19.9. The number of benzene rings is 2. The van der Waals surface area contributed by atoms with E-state index in [-0.39, 0.29) is 18.4 Å². The van der Waals surface area contributed by atoms with Crippen LogP contribution in [0.5, 0.6) is 11.5 Å². The smallest absolute Gasteiger partial charge is 0.261 e. The zero-order chi connectivity index (χ0) is 23.5. The first-order valence-corrected chi connectivity index (χ1v) is 11.3. The molecule has 6 nitrogen and oxygen atoms in total. The summed E-state index contributed by atoms with van der Waals surface area (Å²) in [5, 5.41) is 2.97. The third-order valence-electron chi connectivity index (χ3n) is 5.63. The molecule has 1 atom stereocenters. The number of unbranched alkanes of at least 4 members (excludes halogenated alkanes) is 1. The fourth-order valence-electron chi connectivity index (χ4n) is 3.46. The summed E-state index contributed by atoms with van der Waals surface area (Å²) >= 11 is 0. The van der Waals surface area contributed by atoms with Crippen molar-refractivity contribution in [3.63, 3.8) is 0 Å². The molecule has 0 saturated heterocycles. The van der Waals surface area contributed by atoms with Gasteiger partial charge >= 0.3 is 0 Å². The lowest BCUT2D eigenvalue weighted by Gasteiger charge is -2.30. The number of nitrogens with zero attached hydrogens (tertiary/aromatic N) is 1. The van der Waals surface area contributed by atoms with Crippen LogP contribution in [0.2, 0.25) is 0 Å². The van der Waals surface area contributed by atoms with Gasteiger partial charge in [0.25, 0.3) is 5.91 Å². The van der Waals surface area contributed by atoms with E-state index in [0.717, 1.165) is 35.3 Å². The second-order valence-electron chi connectivity index (χ2n) is 7.93. The Morgan fingerprint density at radius 2 is 1.78 bits per heavy atom. The Balaban J connectivity index is 2.20. The second-order valence-corrected chi connectivity index (χ2v) is 7.93. The summed E-state index contributed by atoms with van der Waals surface area (Å²) < 4.78 is 11.1. The molecule has 2 amide bonds. The number of carbonyl (C=O) groups excluding carboxylic acids is 2. The Morgan fingerprint density at radius 1 is 1.06 bits per heavy atom. The summed E-state index contributed by atoms with van der Waals surface area (Å²) in [6, 6.07) is 12.7. The first-order valence-electron chi connectivity index (χ1n) is 11.3. The SMILES string of the molecule is CCCCNC(=O)C(CC)N(Cc1ccc(OC)cc1)C(=O)COc1cccc(C)c1C. The largest absolute Gasteiger partial charge is 0.497 e. The van der Waals surface area contributed by atoms with Crippen molar-refractivity contribution < 1.29 is 19.1 Å². The maximum Gasteiger partial charge on any atom is 0.261 e. The molecule has 0 fully saturated rings. The molecular formula is C26H36N2O4. The van der Waals surface area contributed by atoms with Crippen molar-refractivity contribution in [2.75, 3.05) is 20.3 Å². The van der Waals surface area contributed by atoms with Crippen LogP contribution in [-0.2, 0) is 16.1 Å². The Hall–Kier alpha value is -3.02. The number of rotatable bonds is 12. The maximum atomic E-state index is 13.3. The lowest BCUT2D eigenvalue weighted by atomic mass is 10.1. The number of ether oxygens (including phenoxy) is 2. The average molecular weight is 441 g/mol. The molecule has 0 aliphatic heterocycles. The number of methoxy groups -OCH3 is 1. The van der Waals surface area contributed by atoms with Gasteiger partial charge in [-0.3, -0.25) is 9.59 Å². The van der Waals surface area contributed by atoms with E-state index in [1.165, 1.54) is 0 Å². The molecule has 6 heteroatoms. The predicted octanol–water partition coefficient (Wildman–Crippen LogP) is 4.41. The molecule has 2 aromatic carbocycles. The third kappa shape index (κ3) is 7.01. The highest BCUT2D eigenvalue weighted by atomic mass is 16.5. The number of nitrogens with one attached hydrogen (secondary N) is 1. The van der Waals surface area contributed by atoms with Gasteiger partial charge in [-0.15, -0.1) is 0 Å². The van der Waals surface area contributed by atoms with Gasteiger partial charge in [0, 0.05) is 13.1 Å². The molecule has 32 heavy (non-hydrogen) atoms. The van der Waals surface area contributed by atoms with Gasteiger partial charge in [0.2, 0.25) is 5.91 Å². The summed E-state index contributed by atoms with van der Waals surface area (Å²) in [5.41, 5.74) is 3.03. The molecule has 0 saturated carbocycles. The number of carbonyl (C=O) groups is 2. The van der Waals surface area contributed by atoms with Crippen molar-refractivity contribution in [1.82, 2.24) is 10.2 Å². The quantitative estimate of drug-likeness (QED) is 0.496. The van der Waals surface area contributed by atoms with Crippen molar-refractivity contribution >= 4 is 11.8 Å². The number of hydrogen-bond acceptors (Lipinski definition) is 4. The van der Waals surface area contributed by atoms with Crippen LogP contribution >= 0.6 is 0 Å². The first kappa shape index (κ1) is 25.2. The van der Waals surface area contributed by atoms with Crippen molar-refractivity contribution in [2.45, 2.75) is 59.5 Å². The van der Waals surface area contributed by atoms with Crippen LogP contribution in [0.15, 0.2) is 42.5 Å². The van der Waals surface area contributed by atoms with E-state index in [1.807, 2.05) is 63.2 Å². The lowest BCUT2D eigenvalue weighted by molar-refractivity contribution is -0.143. The highest BCUT2D eigenvalue weighted by molar-refractivity contribution is 5.88. The minimum Gasteiger partial charge on any atom is -0.497 e. The van der Waals surface area contributed by atoms with Crippen molar-refractivity contribution in [2.24, 2.45) is 0 Å². The maximum absolute atomic E-state index is 13.3. The molecule has 1 N–H and O–H groups in total. The van der Waals surface area contributed by atoms with E-state index in [4.69, 9.17) is 9.47 Å². The van der Waals surface area contributed by atoms with Gasteiger partial charge in [-0.05, 0) is 61.6 Å². The van der Waals surface area contributed by atoms with Crippen LogP contribution in [0.4, 0.5) is 0 Å². The van der Waals surface area contributed by atoms with E-state index in [9.17, 15) is 9.59 Å². The van der Waals surface area contributed by atoms with Crippen LogP contribution in [0, 0.1) is 13.8 Å². The van der Waals surface area contributed by atoms with Crippen LogP contribution < -0.4 is 14.8 Å². The molecule has 2 rings (SSSR count). The minimum atomic E-state index is -0.566.